The van der Waals surface area contributed by atoms with Gasteiger partial charge in [-0.05, 0) is 38.5 Å². The van der Waals surface area contributed by atoms with Crippen LogP contribution in [0.4, 0.5) is 0 Å². The predicted molar refractivity (Wildman–Crippen MR) is 83.1 cm³/mol. The third kappa shape index (κ3) is 3.29. The molecule has 0 aromatic carbocycles. The van der Waals surface area contributed by atoms with Gasteiger partial charge in [0, 0.05) is 38.0 Å². The van der Waals surface area contributed by atoms with Crippen LogP contribution in [0, 0.1) is 11.8 Å². The van der Waals surface area contributed by atoms with Gasteiger partial charge in [-0.1, -0.05) is 12.8 Å². The monoisotopic (exact) mass is 308 g/mol. The van der Waals surface area contributed by atoms with Crippen molar-refractivity contribution in [2.24, 2.45) is 11.8 Å². The molecular formula is C17H28N2O3. The summed E-state index contributed by atoms with van der Waals surface area (Å²) < 4.78 is 0. The van der Waals surface area contributed by atoms with Crippen molar-refractivity contribution >= 4 is 11.8 Å². The molecule has 2 saturated heterocycles. The van der Waals surface area contributed by atoms with E-state index in [-0.39, 0.29) is 23.7 Å². The summed E-state index contributed by atoms with van der Waals surface area (Å²) in [5, 5.41) is 9.81. The van der Waals surface area contributed by atoms with Gasteiger partial charge in [-0.3, -0.25) is 9.59 Å². The van der Waals surface area contributed by atoms with E-state index in [0.717, 1.165) is 71.0 Å². The molecule has 2 aliphatic heterocycles. The number of aliphatic hydroxyl groups is 1. The summed E-state index contributed by atoms with van der Waals surface area (Å²) in [7, 11) is 0. The van der Waals surface area contributed by atoms with E-state index < -0.39 is 6.10 Å². The van der Waals surface area contributed by atoms with Crippen LogP contribution in [-0.4, -0.2) is 59.0 Å². The van der Waals surface area contributed by atoms with E-state index in [2.05, 4.69) is 0 Å². The Labute approximate surface area is 132 Å². The van der Waals surface area contributed by atoms with Crippen LogP contribution in [0.15, 0.2) is 0 Å². The van der Waals surface area contributed by atoms with Crippen molar-refractivity contribution in [3.05, 3.63) is 0 Å². The lowest BCUT2D eigenvalue weighted by Gasteiger charge is -2.38. The fraction of sp³-hybridized carbons (Fsp3) is 0.882. The van der Waals surface area contributed by atoms with Crippen molar-refractivity contribution in [1.29, 1.82) is 0 Å². The second-order valence-corrected chi connectivity index (χ2v) is 7.11. The van der Waals surface area contributed by atoms with E-state index in [1.165, 1.54) is 0 Å². The van der Waals surface area contributed by atoms with Gasteiger partial charge in [-0.15, -0.1) is 0 Å². The van der Waals surface area contributed by atoms with Crippen molar-refractivity contribution in [3.8, 4) is 0 Å². The average Bonchev–Trinajstić information content (AvgIpc) is 3.08. The number of β-amino-alcohol motifs (C(OH)–C–C–N with tert-alkyl or cyclic N) is 1. The Morgan fingerprint density at radius 2 is 1.27 bits per heavy atom. The van der Waals surface area contributed by atoms with Crippen LogP contribution in [0.2, 0.25) is 0 Å². The van der Waals surface area contributed by atoms with Crippen LogP contribution in [0.3, 0.4) is 0 Å². The number of carbonyl (C=O) groups excluding carboxylic acids is 2. The predicted octanol–water partition coefficient (Wildman–Crippen LogP) is 1.40. The Morgan fingerprint density at radius 3 is 1.86 bits per heavy atom. The van der Waals surface area contributed by atoms with Crippen LogP contribution in [0.1, 0.15) is 51.4 Å². The standard InChI is InChI=1S/C17H28N2O3/c20-13-6-5-11-19(12-13)17(22)15-8-2-1-7-14(15)16(21)18-9-3-4-10-18/h13-15,20H,1-12H2/t13-,14+,15+/m0/s1. The zero-order chi connectivity index (χ0) is 15.5. The van der Waals surface area contributed by atoms with Crippen LogP contribution >= 0.6 is 0 Å². The first kappa shape index (κ1) is 15.8. The Balaban J connectivity index is 1.68. The van der Waals surface area contributed by atoms with Gasteiger partial charge in [0.25, 0.3) is 0 Å². The Hall–Kier alpha value is -1.10. The molecule has 0 aromatic heterocycles. The van der Waals surface area contributed by atoms with Gasteiger partial charge >= 0.3 is 0 Å². The summed E-state index contributed by atoms with van der Waals surface area (Å²) in [4.78, 5) is 29.4. The Bertz CT molecular complexity index is 420. The number of carbonyl (C=O) groups is 2. The van der Waals surface area contributed by atoms with Gasteiger partial charge < -0.3 is 14.9 Å². The number of rotatable bonds is 2. The molecule has 2 amide bonds. The normalized spacial score (nSPS) is 33.0. The van der Waals surface area contributed by atoms with E-state index in [0.29, 0.717) is 6.54 Å². The molecule has 0 bridgehead atoms. The Morgan fingerprint density at radius 1 is 0.727 bits per heavy atom. The quantitative estimate of drug-likeness (QED) is 0.839. The van der Waals surface area contributed by atoms with Crippen molar-refractivity contribution in [2.45, 2.75) is 57.5 Å². The smallest absolute Gasteiger partial charge is 0.226 e. The van der Waals surface area contributed by atoms with Gasteiger partial charge in [-0.25, -0.2) is 0 Å². The summed E-state index contributed by atoms with van der Waals surface area (Å²) in [6, 6.07) is 0. The van der Waals surface area contributed by atoms with Gasteiger partial charge in [0.2, 0.25) is 11.8 Å². The van der Waals surface area contributed by atoms with Gasteiger partial charge in [0.1, 0.15) is 0 Å². The van der Waals surface area contributed by atoms with Crippen LogP contribution in [-0.2, 0) is 9.59 Å². The maximum Gasteiger partial charge on any atom is 0.226 e. The Kier molecular flexibility index (Phi) is 5.01. The van der Waals surface area contributed by atoms with Crippen LogP contribution in [0.5, 0.6) is 0 Å². The lowest BCUT2D eigenvalue weighted by atomic mass is 9.77. The average molecular weight is 308 g/mol. The number of hydrogen-bond donors (Lipinski definition) is 1. The lowest BCUT2D eigenvalue weighted by Crippen LogP contribution is -2.49. The minimum atomic E-state index is -0.394. The molecule has 124 valence electrons. The maximum absolute atomic E-state index is 12.9. The van der Waals surface area contributed by atoms with E-state index >= 15 is 0 Å². The summed E-state index contributed by atoms with van der Waals surface area (Å²) in [6.45, 7) is 2.90. The number of amides is 2. The summed E-state index contributed by atoms with van der Waals surface area (Å²) >= 11 is 0. The molecule has 0 radical (unpaired) electrons. The minimum absolute atomic E-state index is 0.107. The van der Waals surface area contributed by atoms with Crippen molar-refractivity contribution in [3.63, 3.8) is 0 Å². The molecule has 5 heteroatoms. The van der Waals surface area contributed by atoms with E-state index in [1.54, 1.807) is 4.90 Å². The summed E-state index contributed by atoms with van der Waals surface area (Å²) in [6.07, 6.45) is 7.21. The molecule has 0 unspecified atom stereocenters. The molecule has 3 rings (SSSR count). The first-order valence-electron chi connectivity index (χ1n) is 8.92. The molecule has 3 atom stereocenters. The molecule has 0 spiro atoms. The van der Waals surface area contributed by atoms with Gasteiger partial charge in [0.05, 0.1) is 6.10 Å². The third-order valence-electron chi connectivity index (χ3n) is 5.53. The SMILES string of the molecule is O=C([C@@H]1CCCC[C@H]1C(=O)N1CCC[C@H](O)C1)N1CCCC1. The van der Waals surface area contributed by atoms with Crippen LogP contribution in [0.25, 0.3) is 0 Å². The molecule has 1 N–H and O–H groups in total. The van der Waals surface area contributed by atoms with E-state index in [9.17, 15) is 14.7 Å². The largest absolute Gasteiger partial charge is 0.391 e. The highest BCUT2D eigenvalue weighted by Gasteiger charge is 2.40. The zero-order valence-electron chi connectivity index (χ0n) is 13.4. The number of aliphatic hydroxyl groups excluding tert-OH is 1. The number of hydrogen-bond acceptors (Lipinski definition) is 3. The molecule has 3 aliphatic rings. The summed E-state index contributed by atoms with van der Waals surface area (Å²) in [5.41, 5.74) is 0. The molecular weight excluding hydrogens is 280 g/mol. The fourth-order valence-electron chi connectivity index (χ4n) is 4.28. The van der Waals surface area contributed by atoms with Gasteiger partial charge in [-0.2, -0.15) is 0 Å². The molecule has 22 heavy (non-hydrogen) atoms. The summed E-state index contributed by atoms with van der Waals surface area (Å²) in [5.74, 6) is 0.0228. The topological polar surface area (TPSA) is 60.9 Å². The van der Waals surface area contributed by atoms with E-state index in [4.69, 9.17) is 0 Å². The first-order chi connectivity index (χ1) is 10.7. The second-order valence-electron chi connectivity index (χ2n) is 7.11. The molecule has 2 heterocycles. The highest BCUT2D eigenvalue weighted by molar-refractivity contribution is 5.88. The van der Waals surface area contributed by atoms with E-state index in [1.807, 2.05) is 4.90 Å². The molecule has 1 saturated carbocycles. The molecule has 3 fully saturated rings. The molecule has 5 nitrogen and oxygen atoms in total. The van der Waals surface area contributed by atoms with Crippen molar-refractivity contribution in [2.75, 3.05) is 26.2 Å². The van der Waals surface area contributed by atoms with Gasteiger partial charge in [0.15, 0.2) is 0 Å². The highest BCUT2D eigenvalue weighted by atomic mass is 16.3. The third-order valence-corrected chi connectivity index (χ3v) is 5.53. The minimum Gasteiger partial charge on any atom is -0.391 e. The lowest BCUT2D eigenvalue weighted by molar-refractivity contribution is -0.149. The maximum atomic E-state index is 12.9. The number of nitrogens with zero attached hydrogens (tertiary/aromatic N) is 2. The molecule has 0 aromatic rings. The molecule has 1 aliphatic carbocycles. The number of likely N-dealkylation sites (tertiary alicyclic amines) is 2. The van der Waals surface area contributed by atoms with Crippen molar-refractivity contribution < 1.29 is 14.7 Å². The van der Waals surface area contributed by atoms with Crippen molar-refractivity contribution in [1.82, 2.24) is 9.80 Å². The highest BCUT2D eigenvalue weighted by Crippen LogP contribution is 2.34. The number of piperidine rings is 1. The fourth-order valence-corrected chi connectivity index (χ4v) is 4.28. The second kappa shape index (κ2) is 6.99. The van der Waals surface area contributed by atoms with Crippen LogP contribution < -0.4 is 0 Å². The zero-order valence-corrected chi connectivity index (χ0v) is 13.4. The first-order valence-corrected chi connectivity index (χ1v) is 8.92.